The molecule has 0 amide bonds. The smallest absolute Gasteiger partial charge is 0.175 e. The minimum Gasteiger partial charge on any atom is -0.477 e. The van der Waals surface area contributed by atoms with Gasteiger partial charge in [-0.1, -0.05) is 18.1 Å². The first kappa shape index (κ1) is 7.75. The summed E-state index contributed by atoms with van der Waals surface area (Å²) >= 11 is 0. The van der Waals surface area contributed by atoms with Gasteiger partial charge in [0.2, 0.25) is 0 Å². The molecule has 2 rings (SSSR count). The second-order valence-corrected chi connectivity index (χ2v) is 2.59. The van der Waals surface area contributed by atoms with Crippen LogP contribution in [0.2, 0.25) is 0 Å². The van der Waals surface area contributed by atoms with Gasteiger partial charge in [-0.25, -0.2) is 0 Å². The highest BCUT2D eigenvalue weighted by atomic mass is 16.5. The number of furan rings is 1. The molecule has 0 radical (unpaired) electrons. The van der Waals surface area contributed by atoms with Gasteiger partial charge >= 0.3 is 0 Å². The summed E-state index contributed by atoms with van der Waals surface area (Å²) in [6.45, 7) is 0.264. The predicted octanol–water partition coefficient (Wildman–Crippen LogP) is 2.44. The van der Waals surface area contributed by atoms with Crippen LogP contribution >= 0.6 is 0 Å². The van der Waals surface area contributed by atoms with Gasteiger partial charge < -0.3 is 9.15 Å². The first-order chi connectivity index (χ1) is 6.42. The van der Waals surface area contributed by atoms with Crippen molar-refractivity contribution < 1.29 is 9.15 Å². The van der Waals surface area contributed by atoms with Crippen molar-refractivity contribution in [2.45, 2.75) is 0 Å². The fourth-order valence-electron chi connectivity index (χ4n) is 1.20. The standard InChI is InChI=1S/C11H8O2/c1-2-7-12-10-5-3-4-9-6-8-13-11(9)10/h1,3-6,8H,7H2. The van der Waals surface area contributed by atoms with Gasteiger partial charge in [0.1, 0.15) is 6.61 Å². The fourth-order valence-corrected chi connectivity index (χ4v) is 1.20. The van der Waals surface area contributed by atoms with E-state index in [0.717, 1.165) is 11.0 Å². The molecule has 0 fully saturated rings. The van der Waals surface area contributed by atoms with E-state index in [1.54, 1.807) is 6.26 Å². The molecule has 0 aliphatic heterocycles. The maximum absolute atomic E-state index is 5.30. The summed E-state index contributed by atoms with van der Waals surface area (Å²) in [7, 11) is 0. The minimum atomic E-state index is 0.264. The van der Waals surface area contributed by atoms with Gasteiger partial charge in [-0.2, -0.15) is 0 Å². The van der Waals surface area contributed by atoms with Crippen LogP contribution in [0.1, 0.15) is 0 Å². The summed E-state index contributed by atoms with van der Waals surface area (Å²) in [5, 5.41) is 1.02. The second kappa shape index (κ2) is 3.24. The van der Waals surface area contributed by atoms with Crippen LogP contribution in [0.4, 0.5) is 0 Å². The number of benzene rings is 1. The lowest BCUT2D eigenvalue weighted by Gasteiger charge is -2.01. The van der Waals surface area contributed by atoms with Gasteiger partial charge in [0.05, 0.1) is 6.26 Å². The third-order valence-electron chi connectivity index (χ3n) is 1.75. The van der Waals surface area contributed by atoms with E-state index in [-0.39, 0.29) is 6.61 Å². The Hall–Kier alpha value is -1.88. The van der Waals surface area contributed by atoms with E-state index < -0.39 is 0 Å². The average molecular weight is 172 g/mol. The molecule has 0 bridgehead atoms. The highest BCUT2D eigenvalue weighted by Gasteiger charge is 2.03. The van der Waals surface area contributed by atoms with E-state index >= 15 is 0 Å². The molecule has 2 heteroatoms. The van der Waals surface area contributed by atoms with Crippen LogP contribution < -0.4 is 4.74 Å². The van der Waals surface area contributed by atoms with E-state index in [9.17, 15) is 0 Å². The molecule has 2 aromatic rings. The third kappa shape index (κ3) is 1.36. The Balaban J connectivity index is 2.44. The summed E-state index contributed by atoms with van der Waals surface area (Å²) < 4.78 is 10.5. The molecule has 0 atom stereocenters. The SMILES string of the molecule is C#CCOc1cccc2ccoc12. The molecular weight excluding hydrogens is 164 g/mol. The van der Waals surface area contributed by atoms with Crippen molar-refractivity contribution in [1.29, 1.82) is 0 Å². The molecule has 1 aromatic heterocycles. The Bertz CT molecular complexity index is 448. The lowest BCUT2D eigenvalue weighted by Crippen LogP contribution is -1.92. The molecule has 1 heterocycles. The maximum atomic E-state index is 5.30. The summed E-state index contributed by atoms with van der Waals surface area (Å²) in [6.07, 6.45) is 6.72. The van der Waals surface area contributed by atoms with E-state index in [4.69, 9.17) is 15.6 Å². The van der Waals surface area contributed by atoms with Crippen molar-refractivity contribution in [3.8, 4) is 18.1 Å². The summed E-state index contributed by atoms with van der Waals surface area (Å²) in [4.78, 5) is 0. The zero-order valence-electron chi connectivity index (χ0n) is 6.99. The third-order valence-corrected chi connectivity index (χ3v) is 1.75. The predicted molar refractivity (Wildman–Crippen MR) is 50.5 cm³/mol. The number of ether oxygens (including phenoxy) is 1. The summed E-state index contributed by atoms with van der Waals surface area (Å²) in [5.74, 6) is 3.10. The number of rotatable bonds is 2. The van der Waals surface area contributed by atoms with Gasteiger partial charge in [-0.3, -0.25) is 0 Å². The molecule has 2 nitrogen and oxygen atoms in total. The quantitative estimate of drug-likeness (QED) is 0.649. The largest absolute Gasteiger partial charge is 0.477 e. The number of fused-ring (bicyclic) bond motifs is 1. The van der Waals surface area contributed by atoms with E-state index in [1.165, 1.54) is 0 Å². The minimum absolute atomic E-state index is 0.264. The van der Waals surface area contributed by atoms with E-state index in [0.29, 0.717) is 5.75 Å². The number of para-hydroxylation sites is 1. The molecule has 13 heavy (non-hydrogen) atoms. The molecular formula is C11H8O2. The molecule has 0 saturated heterocycles. The van der Waals surface area contributed by atoms with Crippen LogP contribution in [0.15, 0.2) is 34.9 Å². The lowest BCUT2D eigenvalue weighted by molar-refractivity contribution is 0.368. The molecule has 0 unspecified atom stereocenters. The first-order valence-electron chi connectivity index (χ1n) is 3.94. The van der Waals surface area contributed by atoms with E-state index in [1.807, 2.05) is 24.3 Å². The molecule has 0 saturated carbocycles. The summed E-state index contributed by atoms with van der Waals surface area (Å²) in [6, 6.07) is 7.59. The summed E-state index contributed by atoms with van der Waals surface area (Å²) in [5.41, 5.74) is 0.748. The van der Waals surface area contributed by atoms with Crippen molar-refractivity contribution in [3.05, 3.63) is 30.5 Å². The Kier molecular flexibility index (Phi) is 1.93. The average Bonchev–Trinajstić information content (AvgIpc) is 2.62. The molecule has 0 aliphatic carbocycles. The van der Waals surface area contributed by atoms with Gasteiger partial charge in [-0.15, -0.1) is 6.42 Å². The van der Waals surface area contributed by atoms with Crippen LogP contribution in [-0.4, -0.2) is 6.61 Å². The molecule has 0 spiro atoms. The van der Waals surface area contributed by atoms with Gasteiger partial charge in [-0.05, 0) is 12.1 Å². The van der Waals surface area contributed by atoms with Crippen LogP contribution in [0.25, 0.3) is 11.0 Å². The van der Waals surface area contributed by atoms with Crippen molar-refractivity contribution in [3.63, 3.8) is 0 Å². The van der Waals surface area contributed by atoms with Crippen molar-refractivity contribution >= 4 is 11.0 Å². The van der Waals surface area contributed by atoms with Crippen LogP contribution in [0, 0.1) is 12.3 Å². The Morgan fingerprint density at radius 2 is 2.31 bits per heavy atom. The van der Waals surface area contributed by atoms with Gasteiger partial charge in [0.25, 0.3) is 0 Å². The van der Waals surface area contributed by atoms with Crippen LogP contribution in [-0.2, 0) is 0 Å². The zero-order valence-corrected chi connectivity index (χ0v) is 6.99. The molecule has 1 aromatic carbocycles. The highest BCUT2D eigenvalue weighted by molar-refractivity contribution is 5.82. The Morgan fingerprint density at radius 3 is 3.15 bits per heavy atom. The Morgan fingerprint density at radius 1 is 1.38 bits per heavy atom. The van der Waals surface area contributed by atoms with Crippen molar-refractivity contribution in [1.82, 2.24) is 0 Å². The zero-order chi connectivity index (χ0) is 9.10. The lowest BCUT2D eigenvalue weighted by atomic mass is 10.2. The number of hydrogen-bond donors (Lipinski definition) is 0. The van der Waals surface area contributed by atoms with Crippen LogP contribution in [0.3, 0.4) is 0 Å². The van der Waals surface area contributed by atoms with Gasteiger partial charge in [0, 0.05) is 5.39 Å². The van der Waals surface area contributed by atoms with Crippen molar-refractivity contribution in [2.75, 3.05) is 6.61 Å². The topological polar surface area (TPSA) is 22.4 Å². The first-order valence-corrected chi connectivity index (χ1v) is 3.94. The van der Waals surface area contributed by atoms with E-state index in [2.05, 4.69) is 5.92 Å². The number of terminal acetylenes is 1. The van der Waals surface area contributed by atoms with Crippen LogP contribution in [0.5, 0.6) is 5.75 Å². The second-order valence-electron chi connectivity index (χ2n) is 2.59. The number of hydrogen-bond acceptors (Lipinski definition) is 2. The normalized spacial score (nSPS) is 9.77. The van der Waals surface area contributed by atoms with Gasteiger partial charge in [0.15, 0.2) is 11.3 Å². The fraction of sp³-hybridized carbons (Fsp3) is 0.0909. The highest BCUT2D eigenvalue weighted by Crippen LogP contribution is 2.25. The Labute approximate surface area is 76.1 Å². The monoisotopic (exact) mass is 172 g/mol. The maximum Gasteiger partial charge on any atom is 0.175 e. The molecule has 0 N–H and O–H groups in total. The van der Waals surface area contributed by atoms with Crippen molar-refractivity contribution in [2.24, 2.45) is 0 Å². The molecule has 0 aliphatic rings. The molecule has 64 valence electrons.